The van der Waals surface area contributed by atoms with Gasteiger partial charge in [0.2, 0.25) is 0 Å². The number of likely N-dealkylation sites (tertiary alicyclic amines) is 1. The lowest BCUT2D eigenvalue weighted by Gasteiger charge is -2.24. The number of carbonyl (C=O) groups is 1. The van der Waals surface area contributed by atoms with E-state index in [-0.39, 0.29) is 6.09 Å². The van der Waals surface area contributed by atoms with Gasteiger partial charge in [-0.15, -0.1) is 0 Å². The Labute approximate surface area is 147 Å². The van der Waals surface area contributed by atoms with E-state index in [2.05, 4.69) is 46.4 Å². The van der Waals surface area contributed by atoms with Crippen molar-refractivity contribution in [2.24, 2.45) is 5.92 Å². The Hall–Kier alpha value is -1.07. The largest absolute Gasteiger partial charge is 0.444 e. The second kappa shape index (κ2) is 7.67. The summed E-state index contributed by atoms with van der Waals surface area (Å²) in [4.78, 5) is 13.9. The highest BCUT2D eigenvalue weighted by atomic mass is 79.9. The average Bonchev–Trinajstić information content (AvgIpc) is 2.92. The number of nitrogens with one attached hydrogen (secondary N) is 1. The van der Waals surface area contributed by atoms with Crippen molar-refractivity contribution in [3.63, 3.8) is 0 Å². The van der Waals surface area contributed by atoms with Crippen LogP contribution in [0.2, 0.25) is 0 Å². The van der Waals surface area contributed by atoms with Gasteiger partial charge in [0.1, 0.15) is 5.60 Å². The Morgan fingerprint density at radius 3 is 2.87 bits per heavy atom. The molecule has 1 aliphatic heterocycles. The van der Waals surface area contributed by atoms with Gasteiger partial charge in [0.05, 0.1) is 0 Å². The third-order valence-electron chi connectivity index (χ3n) is 4.00. The van der Waals surface area contributed by atoms with Gasteiger partial charge in [0, 0.05) is 30.1 Å². The first-order valence-electron chi connectivity index (χ1n) is 8.21. The van der Waals surface area contributed by atoms with E-state index in [4.69, 9.17) is 4.74 Å². The fraction of sp³-hybridized carbons (Fsp3) is 0.611. The summed E-state index contributed by atoms with van der Waals surface area (Å²) in [6.45, 7) is 10.3. The van der Waals surface area contributed by atoms with Crippen LogP contribution in [0.1, 0.15) is 45.7 Å². The molecule has 1 aromatic rings. The fourth-order valence-electron chi connectivity index (χ4n) is 2.73. The molecule has 4 nitrogen and oxygen atoms in total. The second-order valence-corrected chi connectivity index (χ2v) is 8.18. The number of ether oxygens (including phenoxy) is 1. The summed E-state index contributed by atoms with van der Waals surface area (Å²) < 4.78 is 6.54. The number of benzene rings is 1. The molecule has 0 saturated carbocycles. The quantitative estimate of drug-likeness (QED) is 0.840. The molecule has 0 aromatic heterocycles. The Morgan fingerprint density at radius 2 is 2.22 bits per heavy atom. The number of hydrogen-bond acceptors (Lipinski definition) is 3. The van der Waals surface area contributed by atoms with Crippen LogP contribution in [0, 0.1) is 5.92 Å². The third kappa shape index (κ3) is 5.81. The number of hydrogen-bond donors (Lipinski definition) is 1. The number of halogens is 1. The van der Waals surface area contributed by atoms with Gasteiger partial charge in [-0.05, 0) is 57.7 Å². The molecule has 0 radical (unpaired) electrons. The highest BCUT2D eigenvalue weighted by molar-refractivity contribution is 9.10. The van der Waals surface area contributed by atoms with Gasteiger partial charge in [-0.25, -0.2) is 4.79 Å². The topological polar surface area (TPSA) is 41.6 Å². The maximum absolute atomic E-state index is 12.1. The van der Waals surface area contributed by atoms with Crippen molar-refractivity contribution >= 4 is 22.0 Å². The molecule has 2 rings (SSSR count). The van der Waals surface area contributed by atoms with Gasteiger partial charge >= 0.3 is 6.09 Å². The van der Waals surface area contributed by atoms with Crippen molar-refractivity contribution in [3.8, 4) is 0 Å². The fourth-order valence-corrected chi connectivity index (χ4v) is 3.15. The number of nitrogens with zero attached hydrogens (tertiary/aromatic N) is 1. The summed E-state index contributed by atoms with van der Waals surface area (Å²) >= 11 is 3.51. The van der Waals surface area contributed by atoms with E-state index in [1.165, 1.54) is 5.56 Å². The van der Waals surface area contributed by atoms with Gasteiger partial charge in [-0.1, -0.05) is 28.1 Å². The summed E-state index contributed by atoms with van der Waals surface area (Å²) in [6, 6.07) is 8.65. The van der Waals surface area contributed by atoms with Crippen LogP contribution in [0.4, 0.5) is 4.79 Å². The van der Waals surface area contributed by atoms with Gasteiger partial charge in [0.25, 0.3) is 0 Å². The summed E-state index contributed by atoms with van der Waals surface area (Å²) in [5, 5.41) is 3.58. The van der Waals surface area contributed by atoms with Crippen LogP contribution in [0.25, 0.3) is 0 Å². The first kappa shape index (κ1) is 18.3. The minimum absolute atomic E-state index is 0.194. The minimum Gasteiger partial charge on any atom is -0.444 e. The molecule has 1 saturated heterocycles. The van der Waals surface area contributed by atoms with Crippen LogP contribution in [0.5, 0.6) is 0 Å². The van der Waals surface area contributed by atoms with E-state index in [0.717, 1.165) is 30.5 Å². The summed E-state index contributed by atoms with van der Waals surface area (Å²) in [5.74, 6) is 0.483. The maximum Gasteiger partial charge on any atom is 0.410 e. The lowest BCUT2D eigenvalue weighted by atomic mass is 10.1. The van der Waals surface area contributed by atoms with E-state index in [9.17, 15) is 4.79 Å². The zero-order valence-electron chi connectivity index (χ0n) is 14.4. The van der Waals surface area contributed by atoms with E-state index in [0.29, 0.717) is 12.0 Å². The molecule has 1 aliphatic rings. The molecule has 0 spiro atoms. The summed E-state index contributed by atoms with van der Waals surface area (Å²) in [7, 11) is 0. The molecule has 2 unspecified atom stereocenters. The Bertz CT molecular complexity index is 542. The molecule has 1 fully saturated rings. The molecule has 5 heteroatoms. The third-order valence-corrected chi connectivity index (χ3v) is 4.49. The van der Waals surface area contributed by atoms with E-state index in [1.54, 1.807) is 0 Å². The summed E-state index contributed by atoms with van der Waals surface area (Å²) in [5.41, 5.74) is 0.837. The van der Waals surface area contributed by atoms with Crippen LogP contribution in [0.3, 0.4) is 0 Å². The van der Waals surface area contributed by atoms with Crippen molar-refractivity contribution in [2.45, 2.75) is 45.8 Å². The molecule has 1 amide bonds. The van der Waals surface area contributed by atoms with Crippen molar-refractivity contribution < 1.29 is 9.53 Å². The molecule has 1 N–H and O–H groups in total. The standard InChI is InChI=1S/C18H27BrN2O2/c1-13(15-6-5-7-16(19)10-15)20-11-14-8-9-21(12-14)17(22)23-18(2,3)4/h5-7,10,13-14,20H,8-9,11-12H2,1-4H3. The average molecular weight is 383 g/mol. The van der Waals surface area contributed by atoms with Crippen LogP contribution in [-0.2, 0) is 4.74 Å². The molecule has 1 aromatic carbocycles. The smallest absolute Gasteiger partial charge is 0.410 e. The van der Waals surface area contributed by atoms with Gasteiger partial charge < -0.3 is 15.0 Å². The second-order valence-electron chi connectivity index (χ2n) is 7.27. The predicted octanol–water partition coefficient (Wildman–Crippen LogP) is 4.36. The van der Waals surface area contributed by atoms with Crippen LogP contribution in [0.15, 0.2) is 28.7 Å². The van der Waals surface area contributed by atoms with E-state index >= 15 is 0 Å². The van der Waals surface area contributed by atoms with Crippen LogP contribution >= 0.6 is 15.9 Å². The monoisotopic (exact) mass is 382 g/mol. The van der Waals surface area contributed by atoms with E-state index in [1.807, 2.05) is 31.7 Å². The number of carbonyl (C=O) groups excluding carboxylic acids is 1. The first-order valence-corrected chi connectivity index (χ1v) is 9.00. The SMILES string of the molecule is CC(NCC1CCN(C(=O)OC(C)(C)C)C1)c1cccc(Br)c1. The summed E-state index contributed by atoms with van der Waals surface area (Å²) in [6.07, 6.45) is 0.831. The zero-order chi connectivity index (χ0) is 17.0. The molecule has 128 valence electrons. The normalized spacial score (nSPS) is 19.7. The van der Waals surface area contributed by atoms with Gasteiger partial charge in [0.15, 0.2) is 0 Å². The van der Waals surface area contributed by atoms with Crippen molar-refractivity contribution in [3.05, 3.63) is 34.3 Å². The highest BCUT2D eigenvalue weighted by Gasteiger charge is 2.29. The Kier molecular flexibility index (Phi) is 6.09. The maximum atomic E-state index is 12.1. The predicted molar refractivity (Wildman–Crippen MR) is 96.5 cm³/mol. The minimum atomic E-state index is -0.428. The molecule has 2 atom stereocenters. The lowest BCUT2D eigenvalue weighted by Crippen LogP contribution is -2.36. The Balaban J connectivity index is 1.78. The molecular formula is C18H27BrN2O2. The lowest BCUT2D eigenvalue weighted by molar-refractivity contribution is 0.0288. The molecule has 0 bridgehead atoms. The molecule has 0 aliphatic carbocycles. The van der Waals surface area contributed by atoms with Crippen molar-refractivity contribution in [2.75, 3.05) is 19.6 Å². The van der Waals surface area contributed by atoms with Gasteiger partial charge in [-0.3, -0.25) is 0 Å². The first-order chi connectivity index (χ1) is 10.7. The molecule has 23 heavy (non-hydrogen) atoms. The number of rotatable bonds is 4. The molecule has 1 heterocycles. The highest BCUT2D eigenvalue weighted by Crippen LogP contribution is 2.21. The Morgan fingerprint density at radius 1 is 1.48 bits per heavy atom. The van der Waals surface area contributed by atoms with Crippen molar-refractivity contribution in [1.29, 1.82) is 0 Å². The van der Waals surface area contributed by atoms with Gasteiger partial charge in [-0.2, -0.15) is 0 Å². The van der Waals surface area contributed by atoms with Crippen LogP contribution in [-0.4, -0.2) is 36.2 Å². The van der Waals surface area contributed by atoms with Crippen LogP contribution < -0.4 is 5.32 Å². The van der Waals surface area contributed by atoms with Crippen molar-refractivity contribution in [1.82, 2.24) is 10.2 Å². The zero-order valence-corrected chi connectivity index (χ0v) is 16.0. The van der Waals surface area contributed by atoms with E-state index < -0.39 is 5.60 Å². The molecular weight excluding hydrogens is 356 g/mol. The number of amides is 1.